The number of hydrogen-bond donors (Lipinski definition) is 3. The Morgan fingerprint density at radius 3 is 2.77 bits per heavy atom. The molecule has 0 amide bonds. The minimum absolute atomic E-state index is 0.147. The Labute approximate surface area is 138 Å². The number of aliphatic hydroxyl groups excluding tert-OH is 2. The van der Waals surface area contributed by atoms with E-state index in [0.29, 0.717) is 4.43 Å². The minimum atomic E-state index is -1.91. The van der Waals surface area contributed by atoms with E-state index in [1.807, 2.05) is 22.6 Å². The molecule has 10 heteroatoms. The van der Waals surface area contributed by atoms with Crippen LogP contribution in [-0.2, 0) is 9.47 Å². The summed E-state index contributed by atoms with van der Waals surface area (Å²) in [7, 11) is 1.41. The van der Waals surface area contributed by atoms with Crippen LogP contribution in [0.25, 0.3) is 0 Å². The third-order valence-corrected chi connectivity index (χ3v) is 4.31. The molecule has 22 heavy (non-hydrogen) atoms. The number of nitrogens with one attached hydrogen (secondary N) is 1. The van der Waals surface area contributed by atoms with Gasteiger partial charge < -0.3 is 19.7 Å². The summed E-state index contributed by atoms with van der Waals surface area (Å²) in [5.41, 5.74) is -1.35. The van der Waals surface area contributed by atoms with Gasteiger partial charge >= 0.3 is 5.69 Å². The van der Waals surface area contributed by atoms with Crippen LogP contribution in [0.1, 0.15) is 17.9 Å². The van der Waals surface area contributed by atoms with E-state index in [1.54, 1.807) is 0 Å². The third kappa shape index (κ3) is 3.11. The molecule has 2 heterocycles. The van der Waals surface area contributed by atoms with Gasteiger partial charge in [0, 0.05) is 17.7 Å². The zero-order valence-corrected chi connectivity index (χ0v) is 13.8. The zero-order chi connectivity index (χ0) is 16.4. The number of methoxy groups -OCH3 is 1. The molecule has 0 spiro atoms. The summed E-state index contributed by atoms with van der Waals surface area (Å²) in [6.07, 6.45) is -5.44. The van der Waals surface area contributed by atoms with Crippen LogP contribution >= 0.6 is 22.6 Å². The molecule has 1 aromatic rings. The van der Waals surface area contributed by atoms with Gasteiger partial charge in [-0.1, -0.05) is 22.6 Å². The Balaban J connectivity index is 2.46. The molecule has 0 radical (unpaired) electrons. The fraction of sp³-hybridized carbons (Fsp3) is 0.667. The van der Waals surface area contributed by atoms with Crippen LogP contribution in [0.5, 0.6) is 0 Å². The highest BCUT2D eigenvalue weighted by molar-refractivity contribution is 14.1. The summed E-state index contributed by atoms with van der Waals surface area (Å²) in [6.45, 7) is -0.586. The molecule has 1 saturated heterocycles. The number of alkyl halides is 2. The van der Waals surface area contributed by atoms with Gasteiger partial charge in [-0.3, -0.25) is 14.3 Å². The zero-order valence-electron chi connectivity index (χ0n) is 11.6. The van der Waals surface area contributed by atoms with Crippen molar-refractivity contribution in [1.29, 1.82) is 0 Å². The van der Waals surface area contributed by atoms with Crippen molar-refractivity contribution < 1.29 is 24.1 Å². The Hall–Kier alpha value is -0.820. The summed E-state index contributed by atoms with van der Waals surface area (Å²) >= 11 is 2.01. The van der Waals surface area contributed by atoms with E-state index in [-0.39, 0.29) is 5.56 Å². The molecule has 2 rings (SSSR count). The third-order valence-electron chi connectivity index (χ3n) is 3.51. The summed E-state index contributed by atoms with van der Waals surface area (Å²) in [5, 5.41) is 18.7. The van der Waals surface area contributed by atoms with Gasteiger partial charge in [-0.25, -0.2) is 9.18 Å². The fourth-order valence-electron chi connectivity index (χ4n) is 2.27. The lowest BCUT2D eigenvalue weighted by Crippen LogP contribution is -2.38. The first kappa shape index (κ1) is 17.5. The van der Waals surface area contributed by atoms with Crippen LogP contribution in [0.15, 0.2) is 15.8 Å². The molecule has 1 aromatic heterocycles. The molecule has 124 valence electrons. The molecule has 5 atom stereocenters. The van der Waals surface area contributed by atoms with Gasteiger partial charge in [0.15, 0.2) is 12.4 Å². The van der Waals surface area contributed by atoms with Crippen LogP contribution in [0, 0.1) is 0 Å². The second kappa shape index (κ2) is 7.17. The molecule has 3 N–H and O–H groups in total. The molecular weight excluding hydrogens is 414 g/mol. The van der Waals surface area contributed by atoms with Crippen molar-refractivity contribution >= 4 is 22.6 Å². The molecule has 0 unspecified atom stereocenters. The van der Waals surface area contributed by atoms with Gasteiger partial charge in [-0.2, -0.15) is 0 Å². The van der Waals surface area contributed by atoms with E-state index in [1.165, 1.54) is 7.11 Å². The lowest BCUT2D eigenvalue weighted by Gasteiger charge is -2.18. The summed E-state index contributed by atoms with van der Waals surface area (Å²) in [6, 6.07) is 0. The maximum atomic E-state index is 14.1. The van der Waals surface area contributed by atoms with Crippen molar-refractivity contribution in [2.75, 3.05) is 18.1 Å². The molecule has 0 bridgehead atoms. The van der Waals surface area contributed by atoms with Crippen molar-refractivity contribution in [2.45, 2.75) is 30.7 Å². The van der Waals surface area contributed by atoms with Crippen LogP contribution < -0.4 is 11.2 Å². The highest BCUT2D eigenvalue weighted by atomic mass is 127. The highest BCUT2D eigenvalue weighted by Crippen LogP contribution is 2.31. The normalized spacial score (nSPS) is 29.7. The van der Waals surface area contributed by atoms with E-state index < -0.39 is 48.6 Å². The van der Waals surface area contributed by atoms with Crippen LogP contribution in [0.4, 0.5) is 4.39 Å². The molecule has 0 aromatic carbocycles. The van der Waals surface area contributed by atoms with Crippen molar-refractivity contribution in [2.24, 2.45) is 0 Å². The first-order chi connectivity index (χ1) is 10.4. The predicted octanol–water partition coefficient (Wildman–Crippen LogP) is -0.752. The number of aromatic amines is 1. The van der Waals surface area contributed by atoms with Crippen LogP contribution in [-0.4, -0.2) is 56.3 Å². The number of aromatic nitrogens is 2. The fourth-order valence-corrected chi connectivity index (χ4v) is 3.10. The van der Waals surface area contributed by atoms with Gasteiger partial charge in [-0.15, -0.1) is 0 Å². The monoisotopic (exact) mass is 430 g/mol. The van der Waals surface area contributed by atoms with Gasteiger partial charge in [0.05, 0.1) is 18.3 Å². The lowest BCUT2D eigenvalue weighted by molar-refractivity contribution is -0.0494. The number of hydrogen-bond acceptors (Lipinski definition) is 6. The van der Waals surface area contributed by atoms with Crippen molar-refractivity contribution in [3.05, 3.63) is 32.6 Å². The smallest absolute Gasteiger partial charge is 0.330 e. The highest BCUT2D eigenvalue weighted by Gasteiger charge is 2.45. The van der Waals surface area contributed by atoms with E-state index in [4.69, 9.17) is 14.6 Å². The first-order valence-electron chi connectivity index (χ1n) is 6.47. The topological polar surface area (TPSA) is 114 Å². The average molecular weight is 430 g/mol. The second-order valence-electron chi connectivity index (χ2n) is 4.81. The standard InChI is InChI=1S/C12H16FIN2O6/c1-21-6(2-14)5-3-16(12(20)15-10(5)19)11-8(13)9(18)7(4-17)22-11/h3,6-9,11,17-18H,2,4H2,1H3,(H,15,19,20)/t6-,7-,8-,9-,11-/m1/s1. The van der Waals surface area contributed by atoms with E-state index in [9.17, 15) is 19.1 Å². The van der Waals surface area contributed by atoms with Gasteiger partial charge in [-0.05, 0) is 0 Å². The predicted molar refractivity (Wildman–Crippen MR) is 81.9 cm³/mol. The van der Waals surface area contributed by atoms with E-state index in [0.717, 1.165) is 10.8 Å². The Morgan fingerprint density at radius 1 is 1.59 bits per heavy atom. The Kier molecular flexibility index (Phi) is 5.71. The second-order valence-corrected chi connectivity index (χ2v) is 5.69. The van der Waals surface area contributed by atoms with Gasteiger partial charge in [0.2, 0.25) is 0 Å². The largest absolute Gasteiger partial charge is 0.394 e. The SMILES string of the molecule is CO[C@H](CI)c1cn([C@@H]2O[C@H](CO)[C@@H](O)[C@H]2F)c(=O)[nH]c1=O. The van der Waals surface area contributed by atoms with Crippen molar-refractivity contribution in [1.82, 2.24) is 9.55 Å². The molecular formula is C12H16FIN2O6. The number of nitrogens with zero attached hydrogens (tertiary/aromatic N) is 1. The molecule has 0 saturated carbocycles. The molecule has 1 aliphatic heterocycles. The minimum Gasteiger partial charge on any atom is -0.394 e. The molecule has 1 aliphatic rings. The summed E-state index contributed by atoms with van der Waals surface area (Å²) in [5.74, 6) is 0. The molecule has 8 nitrogen and oxygen atoms in total. The number of ether oxygens (including phenoxy) is 2. The number of aliphatic hydroxyl groups is 2. The Bertz CT molecular complexity index is 631. The van der Waals surface area contributed by atoms with Crippen molar-refractivity contribution in [3.63, 3.8) is 0 Å². The van der Waals surface area contributed by atoms with Gasteiger partial charge in [0.1, 0.15) is 12.2 Å². The maximum absolute atomic E-state index is 14.1. The van der Waals surface area contributed by atoms with E-state index in [2.05, 4.69) is 4.98 Å². The number of halogens is 2. The van der Waals surface area contributed by atoms with Crippen LogP contribution in [0.3, 0.4) is 0 Å². The first-order valence-corrected chi connectivity index (χ1v) is 7.99. The lowest BCUT2D eigenvalue weighted by atomic mass is 10.1. The van der Waals surface area contributed by atoms with E-state index >= 15 is 0 Å². The van der Waals surface area contributed by atoms with Crippen LogP contribution in [0.2, 0.25) is 0 Å². The molecule has 0 aliphatic carbocycles. The maximum Gasteiger partial charge on any atom is 0.330 e. The van der Waals surface area contributed by atoms with Crippen molar-refractivity contribution in [3.8, 4) is 0 Å². The average Bonchev–Trinajstić information content (AvgIpc) is 2.78. The Morgan fingerprint density at radius 2 is 2.27 bits per heavy atom. The number of rotatable bonds is 5. The molecule has 1 fully saturated rings. The summed E-state index contributed by atoms with van der Waals surface area (Å²) < 4.78 is 25.7. The van der Waals surface area contributed by atoms with Gasteiger partial charge in [0.25, 0.3) is 5.56 Å². The number of H-pyrrole nitrogens is 1. The quantitative estimate of drug-likeness (QED) is 0.419. The summed E-state index contributed by atoms with van der Waals surface area (Å²) in [4.78, 5) is 25.8.